The van der Waals surface area contributed by atoms with Crippen LogP contribution in [0.5, 0.6) is 0 Å². The largest absolute Gasteiger partial charge is 0.338 e. The first kappa shape index (κ1) is 13.0. The van der Waals surface area contributed by atoms with Crippen molar-refractivity contribution in [2.45, 2.75) is 29.5 Å². The fraction of sp³-hybridized carbons (Fsp3) is 0.385. The maximum atomic E-state index is 6.02. The molecule has 100 valence electrons. The third-order valence-electron chi connectivity index (χ3n) is 3.06. The highest BCUT2D eigenvalue weighted by molar-refractivity contribution is 7.98. The van der Waals surface area contributed by atoms with Crippen molar-refractivity contribution in [3.8, 4) is 0 Å². The normalized spacial score (nSPS) is 16.5. The summed E-state index contributed by atoms with van der Waals surface area (Å²) in [5, 5.41) is 4.70. The van der Waals surface area contributed by atoms with Crippen molar-refractivity contribution in [1.29, 1.82) is 0 Å². The number of thioether (sulfide) groups is 1. The quantitative estimate of drug-likeness (QED) is 0.856. The van der Waals surface area contributed by atoms with Gasteiger partial charge >= 0.3 is 0 Å². The summed E-state index contributed by atoms with van der Waals surface area (Å²) in [6.45, 7) is 0. The number of aromatic nitrogens is 2. The molecule has 0 radical (unpaired) electrons. The summed E-state index contributed by atoms with van der Waals surface area (Å²) < 4.78 is 5.21. The van der Waals surface area contributed by atoms with Gasteiger partial charge in [-0.15, -0.1) is 11.8 Å². The smallest absolute Gasteiger partial charge is 0.243 e. The van der Waals surface area contributed by atoms with E-state index in [1.165, 1.54) is 0 Å². The van der Waals surface area contributed by atoms with Crippen molar-refractivity contribution in [3.05, 3.63) is 41.0 Å². The van der Waals surface area contributed by atoms with E-state index in [1.54, 1.807) is 11.8 Å². The standard InChI is InChI=1S/C13H14ClN3OS/c14-9-2-1-3-10(6-9)19-7-11-16-13(18-17-11)12(15)8-4-5-8/h1-3,6,8,12H,4-5,7,15H2. The van der Waals surface area contributed by atoms with Gasteiger partial charge in [-0.05, 0) is 37.0 Å². The minimum atomic E-state index is -0.0996. The van der Waals surface area contributed by atoms with Crippen molar-refractivity contribution in [2.75, 3.05) is 0 Å². The van der Waals surface area contributed by atoms with Crippen LogP contribution >= 0.6 is 23.4 Å². The van der Waals surface area contributed by atoms with Crippen LogP contribution in [0.4, 0.5) is 0 Å². The number of nitrogens with zero attached hydrogens (tertiary/aromatic N) is 2. The predicted molar refractivity (Wildman–Crippen MR) is 75.0 cm³/mol. The van der Waals surface area contributed by atoms with Gasteiger partial charge in [0.25, 0.3) is 0 Å². The Kier molecular flexibility index (Phi) is 3.77. The molecule has 6 heteroatoms. The van der Waals surface area contributed by atoms with E-state index in [2.05, 4.69) is 10.1 Å². The second-order valence-corrected chi connectivity index (χ2v) is 6.14. The van der Waals surface area contributed by atoms with Crippen LogP contribution in [0.2, 0.25) is 5.02 Å². The molecule has 4 nitrogen and oxygen atoms in total. The second kappa shape index (κ2) is 5.53. The zero-order valence-corrected chi connectivity index (χ0v) is 11.8. The predicted octanol–water partition coefficient (Wildman–Crippen LogP) is 3.43. The molecule has 1 aromatic heterocycles. The maximum absolute atomic E-state index is 6.02. The van der Waals surface area contributed by atoms with E-state index in [4.69, 9.17) is 21.9 Å². The number of benzene rings is 1. The maximum Gasteiger partial charge on any atom is 0.243 e. The van der Waals surface area contributed by atoms with Crippen molar-refractivity contribution in [2.24, 2.45) is 11.7 Å². The lowest BCUT2D eigenvalue weighted by molar-refractivity contribution is 0.341. The Morgan fingerprint density at radius 1 is 1.47 bits per heavy atom. The van der Waals surface area contributed by atoms with Gasteiger partial charge in [0.2, 0.25) is 5.89 Å². The number of halogens is 1. The molecule has 2 aromatic rings. The summed E-state index contributed by atoms with van der Waals surface area (Å²) in [5.74, 6) is 2.41. The number of hydrogen-bond donors (Lipinski definition) is 1. The van der Waals surface area contributed by atoms with E-state index < -0.39 is 0 Å². The fourth-order valence-corrected chi connectivity index (χ4v) is 2.88. The van der Waals surface area contributed by atoms with Crippen molar-refractivity contribution >= 4 is 23.4 Å². The topological polar surface area (TPSA) is 64.9 Å². The van der Waals surface area contributed by atoms with Gasteiger partial charge < -0.3 is 10.3 Å². The molecule has 1 unspecified atom stereocenters. The molecule has 1 atom stereocenters. The first-order valence-electron chi connectivity index (χ1n) is 6.19. The van der Waals surface area contributed by atoms with Gasteiger partial charge in [-0.25, -0.2) is 0 Å². The Morgan fingerprint density at radius 2 is 2.32 bits per heavy atom. The summed E-state index contributed by atoms with van der Waals surface area (Å²) >= 11 is 7.56. The van der Waals surface area contributed by atoms with E-state index >= 15 is 0 Å². The summed E-state index contributed by atoms with van der Waals surface area (Å²) in [6.07, 6.45) is 2.33. The van der Waals surface area contributed by atoms with E-state index in [1.807, 2.05) is 24.3 Å². The Labute approximate surface area is 120 Å². The Morgan fingerprint density at radius 3 is 3.05 bits per heavy atom. The van der Waals surface area contributed by atoms with E-state index in [-0.39, 0.29) is 6.04 Å². The van der Waals surface area contributed by atoms with Crippen LogP contribution in [0.1, 0.15) is 30.6 Å². The highest BCUT2D eigenvalue weighted by Gasteiger charge is 2.33. The van der Waals surface area contributed by atoms with Crippen LogP contribution in [0, 0.1) is 5.92 Å². The fourth-order valence-electron chi connectivity index (χ4n) is 1.82. The zero-order chi connectivity index (χ0) is 13.2. The third kappa shape index (κ3) is 3.29. The molecule has 1 saturated carbocycles. The molecule has 19 heavy (non-hydrogen) atoms. The molecule has 1 aromatic carbocycles. The van der Waals surface area contributed by atoms with Crippen molar-refractivity contribution < 1.29 is 4.52 Å². The van der Waals surface area contributed by atoms with Gasteiger partial charge in [0, 0.05) is 9.92 Å². The molecule has 0 aliphatic heterocycles. The molecule has 2 N–H and O–H groups in total. The van der Waals surface area contributed by atoms with Crippen LogP contribution in [-0.2, 0) is 5.75 Å². The van der Waals surface area contributed by atoms with Crippen LogP contribution in [-0.4, -0.2) is 10.1 Å². The molecular weight excluding hydrogens is 282 g/mol. The molecule has 1 fully saturated rings. The summed E-state index contributed by atoms with van der Waals surface area (Å²) in [5.41, 5.74) is 6.02. The van der Waals surface area contributed by atoms with Gasteiger partial charge in [-0.3, -0.25) is 0 Å². The zero-order valence-electron chi connectivity index (χ0n) is 10.3. The van der Waals surface area contributed by atoms with Gasteiger partial charge in [0.1, 0.15) is 0 Å². The van der Waals surface area contributed by atoms with Crippen LogP contribution in [0.3, 0.4) is 0 Å². The second-order valence-electron chi connectivity index (χ2n) is 4.66. The van der Waals surface area contributed by atoms with E-state index in [0.717, 1.165) is 22.8 Å². The number of hydrogen-bond acceptors (Lipinski definition) is 5. The molecule has 0 spiro atoms. The highest BCUT2D eigenvalue weighted by atomic mass is 35.5. The first-order chi connectivity index (χ1) is 9.22. The van der Waals surface area contributed by atoms with Gasteiger partial charge in [-0.2, -0.15) is 4.98 Å². The highest BCUT2D eigenvalue weighted by Crippen LogP contribution is 2.38. The van der Waals surface area contributed by atoms with Gasteiger partial charge in [0.05, 0.1) is 11.8 Å². The molecule has 1 aliphatic carbocycles. The van der Waals surface area contributed by atoms with Gasteiger partial charge in [0.15, 0.2) is 5.82 Å². The SMILES string of the molecule is NC(c1nc(CSc2cccc(Cl)c2)no1)C1CC1. The van der Waals surface area contributed by atoms with Gasteiger partial charge in [-0.1, -0.05) is 22.8 Å². The molecule has 0 amide bonds. The minimum absolute atomic E-state index is 0.0996. The lowest BCUT2D eigenvalue weighted by atomic mass is 10.2. The van der Waals surface area contributed by atoms with E-state index in [0.29, 0.717) is 23.4 Å². The summed E-state index contributed by atoms with van der Waals surface area (Å²) in [7, 11) is 0. The Hall–Kier alpha value is -1.04. The molecule has 3 rings (SSSR count). The van der Waals surface area contributed by atoms with Crippen molar-refractivity contribution in [3.63, 3.8) is 0 Å². The van der Waals surface area contributed by atoms with Crippen LogP contribution in [0.15, 0.2) is 33.7 Å². The molecule has 1 heterocycles. The number of rotatable bonds is 5. The lowest BCUT2D eigenvalue weighted by Crippen LogP contribution is -2.12. The van der Waals surface area contributed by atoms with Crippen LogP contribution < -0.4 is 5.73 Å². The molecule has 1 aliphatic rings. The monoisotopic (exact) mass is 295 g/mol. The summed E-state index contributed by atoms with van der Waals surface area (Å²) in [4.78, 5) is 5.44. The molecular formula is C13H14ClN3OS. The van der Waals surface area contributed by atoms with Crippen LogP contribution in [0.25, 0.3) is 0 Å². The lowest BCUT2D eigenvalue weighted by Gasteiger charge is -2.01. The third-order valence-corrected chi connectivity index (χ3v) is 4.29. The minimum Gasteiger partial charge on any atom is -0.338 e. The first-order valence-corrected chi connectivity index (χ1v) is 7.55. The molecule has 0 bridgehead atoms. The Balaban J connectivity index is 1.61. The Bertz CT molecular complexity index is 571. The average Bonchev–Trinajstić information content (AvgIpc) is 3.14. The van der Waals surface area contributed by atoms with Crippen molar-refractivity contribution in [1.82, 2.24) is 10.1 Å². The average molecular weight is 296 g/mol. The molecule has 0 saturated heterocycles. The number of nitrogens with two attached hydrogens (primary N) is 1. The van der Waals surface area contributed by atoms with E-state index in [9.17, 15) is 0 Å². The summed E-state index contributed by atoms with van der Waals surface area (Å²) in [6, 6.07) is 7.61.